The maximum absolute atomic E-state index is 5.77. The molecule has 3 N–H and O–H groups in total. The molecular formula is C14H21BrN2. The van der Waals surface area contributed by atoms with Crippen molar-refractivity contribution in [2.24, 2.45) is 17.7 Å². The topological polar surface area (TPSA) is 38.0 Å². The van der Waals surface area contributed by atoms with Gasteiger partial charge in [-0.2, -0.15) is 0 Å². The van der Waals surface area contributed by atoms with Crippen LogP contribution in [0.1, 0.15) is 44.2 Å². The van der Waals surface area contributed by atoms with Gasteiger partial charge < -0.3 is 0 Å². The van der Waals surface area contributed by atoms with Gasteiger partial charge in [0.05, 0.1) is 0 Å². The number of benzene rings is 1. The van der Waals surface area contributed by atoms with Crippen LogP contribution in [0.4, 0.5) is 0 Å². The number of hydrogen-bond acceptors (Lipinski definition) is 2. The molecular weight excluding hydrogens is 276 g/mol. The van der Waals surface area contributed by atoms with E-state index in [1.165, 1.54) is 31.2 Å². The third-order valence-corrected chi connectivity index (χ3v) is 4.33. The SMILES string of the molecule is CC1CCCC(C(NN)c2cccc(Br)c2)C1. The Morgan fingerprint density at radius 2 is 2.24 bits per heavy atom. The zero-order chi connectivity index (χ0) is 12.3. The summed E-state index contributed by atoms with van der Waals surface area (Å²) in [5.41, 5.74) is 4.31. The second-order valence-electron chi connectivity index (χ2n) is 5.23. The largest absolute Gasteiger partial charge is 0.271 e. The fourth-order valence-corrected chi connectivity index (χ4v) is 3.41. The average molecular weight is 297 g/mol. The molecule has 17 heavy (non-hydrogen) atoms. The summed E-state index contributed by atoms with van der Waals surface area (Å²) in [6.07, 6.45) is 5.26. The molecule has 94 valence electrons. The van der Waals surface area contributed by atoms with Crippen LogP contribution in [0.5, 0.6) is 0 Å². The Kier molecular flexibility index (Phi) is 4.60. The molecule has 0 heterocycles. The highest BCUT2D eigenvalue weighted by Crippen LogP contribution is 2.37. The van der Waals surface area contributed by atoms with E-state index in [1.54, 1.807) is 0 Å². The Morgan fingerprint density at radius 1 is 1.41 bits per heavy atom. The summed E-state index contributed by atoms with van der Waals surface area (Å²) in [4.78, 5) is 0. The molecule has 0 radical (unpaired) electrons. The minimum Gasteiger partial charge on any atom is -0.271 e. The molecule has 1 aromatic carbocycles. The van der Waals surface area contributed by atoms with Crippen LogP contribution in [0.25, 0.3) is 0 Å². The van der Waals surface area contributed by atoms with Crippen LogP contribution in [-0.4, -0.2) is 0 Å². The van der Waals surface area contributed by atoms with Gasteiger partial charge in [-0.15, -0.1) is 0 Å². The van der Waals surface area contributed by atoms with Crippen LogP contribution in [-0.2, 0) is 0 Å². The summed E-state index contributed by atoms with van der Waals surface area (Å²) in [5, 5.41) is 0. The third kappa shape index (κ3) is 3.30. The maximum Gasteiger partial charge on any atom is 0.0488 e. The van der Waals surface area contributed by atoms with E-state index in [4.69, 9.17) is 5.84 Å². The summed E-state index contributed by atoms with van der Waals surface area (Å²) >= 11 is 3.53. The normalized spacial score (nSPS) is 26.8. The van der Waals surface area contributed by atoms with Crippen LogP contribution < -0.4 is 11.3 Å². The first-order chi connectivity index (χ1) is 8.20. The minimum absolute atomic E-state index is 0.287. The van der Waals surface area contributed by atoms with Crippen LogP contribution in [0.15, 0.2) is 28.7 Å². The summed E-state index contributed by atoms with van der Waals surface area (Å²) in [7, 11) is 0. The molecule has 1 fully saturated rings. The van der Waals surface area contributed by atoms with Crippen LogP contribution in [0.2, 0.25) is 0 Å². The van der Waals surface area contributed by atoms with Crippen LogP contribution in [0, 0.1) is 11.8 Å². The lowest BCUT2D eigenvalue weighted by Gasteiger charge is -2.33. The van der Waals surface area contributed by atoms with E-state index in [0.717, 1.165) is 10.4 Å². The summed E-state index contributed by atoms with van der Waals surface area (Å²) in [5.74, 6) is 7.26. The summed E-state index contributed by atoms with van der Waals surface area (Å²) < 4.78 is 1.12. The highest BCUT2D eigenvalue weighted by Gasteiger charge is 2.27. The van der Waals surface area contributed by atoms with Crippen molar-refractivity contribution in [2.75, 3.05) is 0 Å². The van der Waals surface area contributed by atoms with Gasteiger partial charge in [-0.1, -0.05) is 47.8 Å². The van der Waals surface area contributed by atoms with E-state index in [1.807, 2.05) is 0 Å². The Morgan fingerprint density at radius 3 is 2.88 bits per heavy atom. The highest BCUT2D eigenvalue weighted by molar-refractivity contribution is 9.10. The second kappa shape index (κ2) is 5.98. The van der Waals surface area contributed by atoms with E-state index in [2.05, 4.69) is 52.5 Å². The highest BCUT2D eigenvalue weighted by atomic mass is 79.9. The van der Waals surface area contributed by atoms with E-state index in [0.29, 0.717) is 5.92 Å². The predicted octanol–water partition coefficient (Wildman–Crippen LogP) is 3.78. The molecule has 3 atom stereocenters. The van der Waals surface area contributed by atoms with Crippen molar-refractivity contribution in [1.29, 1.82) is 0 Å². The number of rotatable bonds is 3. The Hall–Kier alpha value is -0.380. The molecule has 0 bridgehead atoms. The monoisotopic (exact) mass is 296 g/mol. The lowest BCUT2D eigenvalue weighted by atomic mass is 9.77. The average Bonchev–Trinajstić information content (AvgIpc) is 2.30. The number of hydrogen-bond donors (Lipinski definition) is 2. The van der Waals surface area contributed by atoms with Gasteiger partial charge in [0.2, 0.25) is 0 Å². The molecule has 0 amide bonds. The molecule has 1 saturated carbocycles. The molecule has 0 aromatic heterocycles. The van der Waals surface area contributed by atoms with Gasteiger partial charge in [-0.05, 0) is 42.4 Å². The Balaban J connectivity index is 2.15. The zero-order valence-corrected chi connectivity index (χ0v) is 11.9. The zero-order valence-electron chi connectivity index (χ0n) is 10.3. The van der Waals surface area contributed by atoms with Crippen molar-refractivity contribution < 1.29 is 0 Å². The molecule has 0 aliphatic heterocycles. The first-order valence-electron chi connectivity index (χ1n) is 6.42. The lowest BCUT2D eigenvalue weighted by Crippen LogP contribution is -2.35. The van der Waals surface area contributed by atoms with Gasteiger partial charge in [0, 0.05) is 10.5 Å². The molecule has 3 heteroatoms. The van der Waals surface area contributed by atoms with Crippen molar-refractivity contribution >= 4 is 15.9 Å². The summed E-state index contributed by atoms with van der Waals surface area (Å²) in [6, 6.07) is 8.75. The molecule has 2 nitrogen and oxygen atoms in total. The smallest absolute Gasteiger partial charge is 0.0488 e. The maximum atomic E-state index is 5.77. The third-order valence-electron chi connectivity index (χ3n) is 3.84. The van der Waals surface area contributed by atoms with E-state index < -0.39 is 0 Å². The minimum atomic E-state index is 0.287. The number of nitrogens with one attached hydrogen (secondary N) is 1. The van der Waals surface area contributed by atoms with Crippen molar-refractivity contribution in [1.82, 2.24) is 5.43 Å². The number of hydrazine groups is 1. The fourth-order valence-electron chi connectivity index (χ4n) is 2.99. The fraction of sp³-hybridized carbons (Fsp3) is 0.571. The van der Waals surface area contributed by atoms with E-state index in [9.17, 15) is 0 Å². The molecule has 2 rings (SSSR count). The molecule has 0 spiro atoms. The first kappa shape index (κ1) is 13.1. The van der Waals surface area contributed by atoms with Crippen molar-refractivity contribution in [2.45, 2.75) is 38.6 Å². The number of halogens is 1. The van der Waals surface area contributed by atoms with Gasteiger partial charge in [-0.3, -0.25) is 11.3 Å². The molecule has 1 aromatic rings. The quantitative estimate of drug-likeness (QED) is 0.658. The molecule has 1 aliphatic carbocycles. The second-order valence-corrected chi connectivity index (χ2v) is 6.15. The lowest BCUT2D eigenvalue weighted by molar-refractivity contribution is 0.224. The first-order valence-corrected chi connectivity index (χ1v) is 7.21. The Labute approximate surface area is 112 Å². The van der Waals surface area contributed by atoms with Crippen molar-refractivity contribution in [3.05, 3.63) is 34.3 Å². The van der Waals surface area contributed by atoms with Crippen molar-refractivity contribution in [3.8, 4) is 0 Å². The standard InChI is InChI=1S/C14H21BrN2/c1-10-4-2-5-11(8-10)14(17-16)12-6-3-7-13(15)9-12/h3,6-7,9-11,14,17H,2,4-5,8,16H2,1H3. The van der Waals surface area contributed by atoms with Crippen molar-refractivity contribution in [3.63, 3.8) is 0 Å². The van der Waals surface area contributed by atoms with Crippen LogP contribution >= 0.6 is 15.9 Å². The molecule has 1 aliphatic rings. The Bertz CT molecular complexity index is 367. The van der Waals surface area contributed by atoms with E-state index >= 15 is 0 Å². The van der Waals surface area contributed by atoms with Gasteiger partial charge in [0.15, 0.2) is 0 Å². The van der Waals surface area contributed by atoms with Gasteiger partial charge in [0.1, 0.15) is 0 Å². The van der Waals surface area contributed by atoms with E-state index in [-0.39, 0.29) is 6.04 Å². The van der Waals surface area contributed by atoms with Gasteiger partial charge in [-0.25, -0.2) is 0 Å². The van der Waals surface area contributed by atoms with Gasteiger partial charge in [0.25, 0.3) is 0 Å². The molecule has 3 unspecified atom stereocenters. The number of nitrogens with two attached hydrogens (primary N) is 1. The van der Waals surface area contributed by atoms with Crippen LogP contribution in [0.3, 0.4) is 0 Å². The molecule has 0 saturated heterocycles. The summed E-state index contributed by atoms with van der Waals surface area (Å²) in [6.45, 7) is 2.35. The predicted molar refractivity (Wildman–Crippen MR) is 75.3 cm³/mol. The van der Waals surface area contributed by atoms with Gasteiger partial charge >= 0.3 is 0 Å².